The normalized spacial score (nSPS) is 22.0. The van der Waals surface area contributed by atoms with Gasteiger partial charge in [0.2, 0.25) is 0 Å². The molecule has 70 heavy (non-hydrogen) atoms. The van der Waals surface area contributed by atoms with Gasteiger partial charge in [-0.2, -0.15) is 0 Å². The van der Waals surface area contributed by atoms with E-state index in [-0.39, 0.29) is 18.9 Å². The summed E-state index contributed by atoms with van der Waals surface area (Å²) in [5.41, 5.74) is 0. The van der Waals surface area contributed by atoms with Crippen LogP contribution in [0, 0.1) is 0 Å². The number of ether oxygens (including phenoxy) is 2. The van der Waals surface area contributed by atoms with Gasteiger partial charge in [-0.15, -0.1) is 0 Å². The van der Waals surface area contributed by atoms with E-state index in [0.29, 0.717) is 25.7 Å². The fourth-order valence-corrected chi connectivity index (χ4v) is 8.84. The second kappa shape index (κ2) is 40.8. The van der Waals surface area contributed by atoms with Crippen LogP contribution in [0.1, 0.15) is 174 Å². The lowest BCUT2D eigenvalue weighted by molar-refractivity contribution is -0.216. The third-order valence-electron chi connectivity index (χ3n) is 11.3. The molecule has 1 rings (SSSR count). The molecule has 1 fully saturated rings. The molecule has 1 saturated carbocycles. The Bertz CT molecular complexity index is 1640. The van der Waals surface area contributed by atoms with Crippen molar-refractivity contribution in [3.05, 3.63) is 72.9 Å². The highest BCUT2D eigenvalue weighted by Gasteiger charge is 2.54. The Morgan fingerprint density at radius 1 is 0.514 bits per heavy atom. The number of allylic oxidation sites excluding steroid dienone is 12. The van der Waals surface area contributed by atoms with E-state index in [0.717, 1.165) is 77.0 Å². The van der Waals surface area contributed by atoms with Gasteiger partial charge in [0.25, 0.3) is 0 Å². The average molecular weight is 1040 g/mol. The van der Waals surface area contributed by atoms with Crippen LogP contribution in [-0.4, -0.2) is 114 Å². The maximum absolute atomic E-state index is 13.0. The maximum atomic E-state index is 13.0. The summed E-state index contributed by atoms with van der Waals surface area (Å²) in [5, 5.41) is 50.6. The molecule has 0 aromatic heterocycles. The lowest BCUT2D eigenvalue weighted by Gasteiger charge is -2.43. The van der Waals surface area contributed by atoms with Crippen LogP contribution in [0.15, 0.2) is 72.9 Å². The quantitative estimate of drug-likeness (QED) is 0.0122. The van der Waals surface area contributed by atoms with E-state index in [2.05, 4.69) is 66.1 Å². The third kappa shape index (κ3) is 35.5. The summed E-state index contributed by atoms with van der Waals surface area (Å²) < 4.78 is 49.4. The number of carbonyl (C=O) groups excluding carboxylic acids is 2. The van der Waals surface area contributed by atoms with Crippen LogP contribution in [0.5, 0.6) is 0 Å². The van der Waals surface area contributed by atoms with Crippen molar-refractivity contribution in [3.63, 3.8) is 0 Å². The standard InChI is InChI=1S/C51H88O17P2/c1-3-4-5-6-7-8-9-10-11-12-13-14-17-20-23-26-29-32-35-38-44(53)64-40-43(41-65-70(62,63)68-51-48(57)46(55)47(56)50(49(51)58)67-69(59,60)61)66-45(54)39-36-33-30-27-24-21-18-15-16-19-22-25-28-31-34-37-42(2)52/h7-8,10-11,16,18-19,21,25,27-28,30,42-43,46-52,55-58H,3-6,9,12-15,17,20,22-24,26,29,31-41H2,1-2H3,(H,62,63)(H2,59,60,61)/b8-7-,11-10-,19-16-,21-18-,28-25-,30-27-/t42-,43+,46?,47?,48?,49?,50+,51-/m0/s1. The molecular weight excluding hydrogens is 946 g/mol. The smallest absolute Gasteiger partial charge is 0.462 e. The zero-order valence-electron chi connectivity index (χ0n) is 41.8. The van der Waals surface area contributed by atoms with Gasteiger partial charge >= 0.3 is 27.6 Å². The number of aliphatic hydroxyl groups excluding tert-OH is 5. The second-order valence-electron chi connectivity index (χ2n) is 17.8. The number of unbranched alkanes of at least 4 members (excludes halogenated alkanes) is 14. The molecule has 0 saturated heterocycles. The zero-order chi connectivity index (χ0) is 51.9. The molecule has 1 aliphatic carbocycles. The van der Waals surface area contributed by atoms with E-state index in [1.165, 1.54) is 44.9 Å². The zero-order valence-corrected chi connectivity index (χ0v) is 43.6. The van der Waals surface area contributed by atoms with E-state index in [9.17, 15) is 58.9 Å². The van der Waals surface area contributed by atoms with Gasteiger partial charge in [0.1, 0.15) is 43.2 Å². The van der Waals surface area contributed by atoms with Crippen LogP contribution in [-0.2, 0) is 41.8 Å². The highest BCUT2D eigenvalue weighted by molar-refractivity contribution is 7.47. The van der Waals surface area contributed by atoms with Crippen molar-refractivity contribution in [2.24, 2.45) is 0 Å². The number of esters is 2. The lowest BCUT2D eigenvalue weighted by Crippen LogP contribution is -2.64. The van der Waals surface area contributed by atoms with Crippen LogP contribution < -0.4 is 0 Å². The molecule has 1 aliphatic rings. The number of hydrogen-bond acceptors (Lipinski definition) is 14. The first kappa shape index (κ1) is 65.4. The van der Waals surface area contributed by atoms with E-state index in [1.54, 1.807) is 6.92 Å². The monoisotopic (exact) mass is 1030 g/mol. The van der Waals surface area contributed by atoms with Crippen molar-refractivity contribution in [3.8, 4) is 0 Å². The molecule has 17 nitrogen and oxygen atoms in total. The minimum Gasteiger partial charge on any atom is -0.462 e. The van der Waals surface area contributed by atoms with Gasteiger partial charge in [-0.1, -0.05) is 138 Å². The predicted octanol–water partition coefficient (Wildman–Crippen LogP) is 9.37. The van der Waals surface area contributed by atoms with Gasteiger partial charge in [0.15, 0.2) is 6.10 Å². The minimum absolute atomic E-state index is 0.0476. The predicted molar refractivity (Wildman–Crippen MR) is 270 cm³/mol. The topological polar surface area (TPSA) is 276 Å². The Morgan fingerprint density at radius 2 is 0.943 bits per heavy atom. The molecular formula is C51H88O17P2. The number of phosphoric acid groups is 2. The molecule has 0 spiro atoms. The molecule has 0 aromatic carbocycles. The van der Waals surface area contributed by atoms with Crippen molar-refractivity contribution in [2.45, 2.75) is 223 Å². The van der Waals surface area contributed by atoms with Gasteiger partial charge in [-0.25, -0.2) is 9.13 Å². The van der Waals surface area contributed by atoms with Crippen molar-refractivity contribution in [1.82, 2.24) is 0 Å². The highest BCUT2D eigenvalue weighted by Crippen LogP contribution is 2.49. The van der Waals surface area contributed by atoms with Gasteiger partial charge in [0, 0.05) is 12.8 Å². The van der Waals surface area contributed by atoms with Gasteiger partial charge < -0.3 is 49.7 Å². The van der Waals surface area contributed by atoms with Crippen molar-refractivity contribution >= 4 is 27.6 Å². The van der Waals surface area contributed by atoms with Crippen LogP contribution in [0.2, 0.25) is 0 Å². The molecule has 8 N–H and O–H groups in total. The summed E-state index contributed by atoms with van der Waals surface area (Å²) in [7, 11) is -10.7. The molecule has 0 aliphatic heterocycles. The molecule has 0 bridgehead atoms. The van der Waals surface area contributed by atoms with E-state index < -0.39 is 83.5 Å². The van der Waals surface area contributed by atoms with Crippen LogP contribution >= 0.6 is 15.6 Å². The Hall–Kier alpha value is -2.60. The van der Waals surface area contributed by atoms with Crippen molar-refractivity contribution < 1.29 is 82.0 Å². The number of hydrogen-bond donors (Lipinski definition) is 8. The number of phosphoric ester groups is 2. The van der Waals surface area contributed by atoms with E-state index in [4.69, 9.17) is 18.5 Å². The van der Waals surface area contributed by atoms with Gasteiger partial charge in [-0.05, 0) is 96.8 Å². The fourth-order valence-electron chi connectivity index (χ4n) is 7.30. The minimum atomic E-state index is -5.38. The molecule has 5 unspecified atom stereocenters. The molecule has 0 aromatic rings. The summed E-state index contributed by atoms with van der Waals surface area (Å²) >= 11 is 0. The largest absolute Gasteiger partial charge is 0.472 e. The Kier molecular flexibility index (Phi) is 38.2. The highest BCUT2D eigenvalue weighted by atomic mass is 31.2. The lowest BCUT2D eigenvalue weighted by atomic mass is 9.85. The Balaban J connectivity index is 2.59. The average Bonchev–Trinajstić information content (AvgIpc) is 3.30. The number of aliphatic hydroxyl groups is 5. The summed E-state index contributed by atoms with van der Waals surface area (Å²) in [5.74, 6) is -1.30. The van der Waals surface area contributed by atoms with Crippen LogP contribution in [0.3, 0.4) is 0 Å². The third-order valence-corrected chi connectivity index (χ3v) is 12.8. The molecule has 404 valence electrons. The molecule has 0 amide bonds. The maximum Gasteiger partial charge on any atom is 0.472 e. The van der Waals surface area contributed by atoms with Crippen LogP contribution in [0.25, 0.3) is 0 Å². The van der Waals surface area contributed by atoms with Crippen molar-refractivity contribution in [2.75, 3.05) is 13.2 Å². The fraction of sp³-hybridized carbons (Fsp3) is 0.725. The first-order valence-electron chi connectivity index (χ1n) is 25.5. The van der Waals surface area contributed by atoms with Gasteiger partial charge in [-0.3, -0.25) is 23.2 Å². The first-order valence-corrected chi connectivity index (χ1v) is 28.5. The summed E-state index contributed by atoms with van der Waals surface area (Å²) in [4.78, 5) is 54.4. The van der Waals surface area contributed by atoms with E-state index in [1.807, 2.05) is 18.2 Å². The summed E-state index contributed by atoms with van der Waals surface area (Å²) in [6.07, 6.45) is 32.7. The Labute approximate surface area is 417 Å². The Morgan fingerprint density at radius 3 is 1.44 bits per heavy atom. The summed E-state index contributed by atoms with van der Waals surface area (Å²) in [6, 6.07) is 0. The van der Waals surface area contributed by atoms with Crippen LogP contribution in [0.4, 0.5) is 0 Å². The van der Waals surface area contributed by atoms with Gasteiger partial charge in [0.05, 0.1) is 12.7 Å². The van der Waals surface area contributed by atoms with Crippen molar-refractivity contribution in [1.29, 1.82) is 0 Å². The molecule has 0 heterocycles. The number of carbonyl (C=O) groups is 2. The first-order chi connectivity index (χ1) is 33.5. The molecule has 19 heteroatoms. The summed E-state index contributed by atoms with van der Waals surface area (Å²) in [6.45, 7) is 2.60. The molecule has 9 atom stereocenters. The number of rotatable bonds is 42. The molecule has 0 radical (unpaired) electrons. The second-order valence-corrected chi connectivity index (χ2v) is 20.4. The SMILES string of the molecule is CCCCC/C=C\C/C=C\CCCCCCCCCCCC(=O)OC[C@H](COP(=O)(O)O[C@H]1C(O)C(O)C(O)[C@@H](OP(=O)(O)O)C1O)OC(=O)CCC/C=C\C/C=C\C/C=C\C/C=C\CCC[C@H](C)O. The van der Waals surface area contributed by atoms with E-state index >= 15 is 0 Å².